The van der Waals surface area contributed by atoms with E-state index in [1.807, 2.05) is 26.0 Å². The Morgan fingerprint density at radius 2 is 0.831 bits per heavy atom. The van der Waals surface area contributed by atoms with Gasteiger partial charge in [0.2, 0.25) is 51.4 Å². The molecule has 4 heterocycles. The summed E-state index contributed by atoms with van der Waals surface area (Å²) in [6.45, 7) is 29.9. The van der Waals surface area contributed by atoms with Gasteiger partial charge in [0, 0.05) is 59.3 Å². The van der Waals surface area contributed by atoms with Crippen molar-refractivity contribution in [3.63, 3.8) is 0 Å². The number of hydrogen-bond acceptors (Lipinski definition) is 35. The van der Waals surface area contributed by atoms with Crippen molar-refractivity contribution in [2.45, 2.75) is 238 Å². The molecule has 0 spiro atoms. The van der Waals surface area contributed by atoms with Crippen molar-refractivity contribution in [3.05, 3.63) is 59.7 Å². The van der Waals surface area contributed by atoms with E-state index < -0.39 is 205 Å². The molecule has 6 rings (SSSR count). The van der Waals surface area contributed by atoms with Crippen LogP contribution in [0.3, 0.4) is 0 Å². The van der Waals surface area contributed by atoms with E-state index in [0.29, 0.717) is 54.0 Å². The molecule has 2 aromatic carbocycles. The molecule has 4 unspecified atom stereocenters. The normalized spacial score (nSPS) is 19.1. The Kier molecular flexibility index (Phi) is 43.1. The standard InChI is InChI=1S/C26H44NO12P.C22H36NO12P.C16H23N2O5P.C16H22NO6P/c1-16(2)11-20(28)38-19-13-18(22(30)27(19)39-21(29)12-17(3)4)40(33,36-14-34-23(31)25(5,6)7)37-15-35-24(32)26(8,9)10;1-9-16(24)34-15-11-14(18(26)23(15)35-17(25)10-2)36(29,32-12-30-19(27)21(3,4)5)33-13-31-20(28)22(6,7)8;1-12-7-4-5-8-13(12)23-24(21,17-11-15(19)22-3)14-9-6-10-18(2)16(14)20;1-12-6-8-13(9-7-12)23-24(20,22-11-15(18)21-3)14-5-4-10-17(2)16(14)19/h16-19H,11-15H2,1-10H3;14-15H,9-13H2,1-8H3;4-5,7-8,14H,6,9-11H2,1-3H3,(H,17,21);6-9,14H,4-5,10-11H2,1-3H3/t18-,19?;14-,15?;2*14-,24?/m0000/s1. The Morgan fingerprint density at radius 1 is 0.452 bits per heavy atom. The number of para-hydroxylation sites is 1. The summed E-state index contributed by atoms with van der Waals surface area (Å²) in [5.74, 6) is -8.94. The van der Waals surface area contributed by atoms with E-state index in [4.69, 9.17) is 69.8 Å². The number of benzene rings is 2. The lowest BCUT2D eigenvalue weighted by Gasteiger charge is -2.34. The minimum atomic E-state index is -4.59. The second-order valence-corrected chi connectivity index (χ2v) is 42.7. The van der Waals surface area contributed by atoms with Crippen molar-refractivity contribution in [2.24, 2.45) is 33.5 Å². The molecule has 4 aliphatic rings. The van der Waals surface area contributed by atoms with Crippen molar-refractivity contribution in [2.75, 3.05) is 81.7 Å². The maximum Gasteiger partial charge on any atom is 0.392 e. The molecule has 4 amide bonds. The Labute approximate surface area is 724 Å². The molecule has 8 atom stereocenters. The molecule has 0 saturated carbocycles. The zero-order chi connectivity index (χ0) is 94.4. The van der Waals surface area contributed by atoms with E-state index in [1.165, 1.54) is 33.0 Å². The largest absolute Gasteiger partial charge is 0.468 e. The maximum absolute atomic E-state index is 14.0. The number of nitrogens with one attached hydrogen (secondary N) is 1. The van der Waals surface area contributed by atoms with Crippen LogP contribution in [0.2, 0.25) is 0 Å². The Morgan fingerprint density at radius 3 is 1.22 bits per heavy atom. The van der Waals surface area contributed by atoms with E-state index in [-0.39, 0.29) is 55.9 Å². The van der Waals surface area contributed by atoms with Crippen molar-refractivity contribution in [3.8, 4) is 11.5 Å². The highest BCUT2D eigenvalue weighted by Gasteiger charge is 2.58. The molecule has 0 bridgehead atoms. The van der Waals surface area contributed by atoms with Crippen LogP contribution in [-0.2, 0) is 156 Å². The van der Waals surface area contributed by atoms with Gasteiger partial charge in [-0.1, -0.05) is 77.4 Å². The van der Waals surface area contributed by atoms with E-state index in [1.54, 1.807) is 166 Å². The average molecular weight is 1840 g/mol. The first-order chi connectivity index (χ1) is 57.3. The molecule has 2 aromatic rings. The van der Waals surface area contributed by atoms with Gasteiger partial charge in [0.25, 0.3) is 11.8 Å². The number of carbonyl (C=O) groups is 14. The summed E-state index contributed by atoms with van der Waals surface area (Å²) < 4.78 is 132. The fraction of sp³-hybridized carbons (Fsp3) is 0.675. The molecule has 4 fully saturated rings. The molecule has 0 aliphatic carbocycles. The highest BCUT2D eigenvalue weighted by atomic mass is 31.2. The highest BCUT2D eigenvalue weighted by molar-refractivity contribution is 7.59. The minimum absolute atomic E-state index is 0.0132. The number of ether oxygens (including phenoxy) is 8. The first-order valence-electron chi connectivity index (χ1n) is 40.0. The molecule has 4 aliphatic heterocycles. The van der Waals surface area contributed by atoms with Crippen LogP contribution in [0.25, 0.3) is 0 Å². The van der Waals surface area contributed by atoms with E-state index in [0.717, 1.165) is 17.5 Å². The molecule has 44 heteroatoms. The summed E-state index contributed by atoms with van der Waals surface area (Å²) in [5.41, 5.74) is -6.81. The number of hydroxylamine groups is 4. The van der Waals surface area contributed by atoms with Gasteiger partial charge in [-0.2, -0.15) is 0 Å². The van der Waals surface area contributed by atoms with Gasteiger partial charge in [0.1, 0.15) is 35.0 Å². The van der Waals surface area contributed by atoms with Crippen molar-refractivity contribution < 1.29 is 165 Å². The molecule has 0 radical (unpaired) electrons. The van der Waals surface area contributed by atoms with Gasteiger partial charge in [0.15, 0.2) is 12.3 Å². The summed E-state index contributed by atoms with van der Waals surface area (Å²) in [7, 11) is -10.9. The van der Waals surface area contributed by atoms with Crippen LogP contribution in [0.5, 0.6) is 11.5 Å². The van der Waals surface area contributed by atoms with Crippen LogP contribution >= 0.6 is 30.3 Å². The van der Waals surface area contributed by atoms with Gasteiger partial charge >= 0.3 is 90.0 Å². The van der Waals surface area contributed by atoms with Gasteiger partial charge in [0.05, 0.1) is 42.3 Å². The van der Waals surface area contributed by atoms with Crippen molar-refractivity contribution in [1.29, 1.82) is 0 Å². The van der Waals surface area contributed by atoms with Gasteiger partial charge < -0.3 is 66.4 Å². The molecule has 700 valence electrons. The zero-order valence-electron chi connectivity index (χ0n) is 75.3. The molecular weight excluding hydrogens is 1710 g/mol. The topological polar surface area (TPSA) is 489 Å². The number of nitrogens with zero attached hydrogens (tertiary/aromatic N) is 4. The Balaban J connectivity index is 0.000000436. The molecule has 0 aromatic heterocycles. The number of esters is 8. The van der Waals surface area contributed by atoms with E-state index >= 15 is 0 Å². The lowest BCUT2D eigenvalue weighted by molar-refractivity contribution is -0.228. The number of likely N-dealkylation sites (tertiary alicyclic amines) is 2. The first kappa shape index (κ1) is 109. The fourth-order valence-electron chi connectivity index (χ4n) is 10.6. The number of aryl methyl sites for hydroxylation is 2. The quantitative estimate of drug-likeness (QED) is 0.0286. The number of rotatable bonds is 36. The molecule has 124 heavy (non-hydrogen) atoms. The van der Waals surface area contributed by atoms with E-state index in [9.17, 15) is 85.4 Å². The van der Waals surface area contributed by atoms with Crippen LogP contribution in [0, 0.1) is 47.3 Å². The number of amides is 4. The van der Waals surface area contributed by atoms with Crippen LogP contribution in [0.15, 0.2) is 48.5 Å². The summed E-state index contributed by atoms with van der Waals surface area (Å²) in [4.78, 5) is 185. The summed E-state index contributed by atoms with van der Waals surface area (Å²) in [6.07, 6.45) is -1.61. The second kappa shape index (κ2) is 48.9. The molecule has 40 nitrogen and oxygen atoms in total. The number of carbonyl (C=O) groups excluding carboxylic acids is 14. The van der Waals surface area contributed by atoms with Gasteiger partial charge in [-0.05, 0) is 158 Å². The summed E-state index contributed by atoms with van der Waals surface area (Å²) in [6, 6.07) is 14.0. The number of piperidine rings is 2. The third-order valence-corrected chi connectivity index (χ3v) is 26.7. The second-order valence-electron chi connectivity index (χ2n) is 33.8. The number of hydrogen-bond donors (Lipinski definition) is 1. The minimum Gasteiger partial charge on any atom is -0.468 e. The Bertz CT molecular complexity index is 4150. The molecular formula is C80H125N5O35P4. The predicted octanol–water partition coefficient (Wildman–Crippen LogP) is 11.7. The lowest BCUT2D eigenvalue weighted by atomic mass is 9.98. The fourth-order valence-corrected chi connectivity index (χ4v) is 18.2. The molecule has 1 N–H and O–H groups in total. The van der Waals surface area contributed by atoms with Crippen LogP contribution in [-0.4, -0.2) is 220 Å². The first-order valence-corrected chi connectivity index (χ1v) is 46.6. The van der Waals surface area contributed by atoms with Gasteiger partial charge in [-0.15, -0.1) is 10.1 Å². The monoisotopic (exact) mass is 1840 g/mol. The summed E-state index contributed by atoms with van der Waals surface area (Å²) >= 11 is 0. The van der Waals surface area contributed by atoms with Crippen LogP contribution < -0.4 is 14.1 Å². The van der Waals surface area contributed by atoms with Gasteiger partial charge in [-0.3, -0.25) is 89.1 Å². The third kappa shape index (κ3) is 34.9. The van der Waals surface area contributed by atoms with Crippen LogP contribution in [0.1, 0.15) is 200 Å². The predicted molar refractivity (Wildman–Crippen MR) is 441 cm³/mol. The van der Waals surface area contributed by atoms with Gasteiger partial charge in [-0.25, -0.2) is 24.0 Å². The van der Waals surface area contributed by atoms with E-state index in [2.05, 4.69) is 14.6 Å². The SMILES string of the molecule is CC(C)CC(=O)OC1C[C@H](P(=O)(OCOC(=O)C(C)(C)C)OCOC(=O)C(C)(C)C)C(=O)N1OC(=O)CC(C)C.CCC(=O)OC1C[C@H](P(=O)(OCOC(=O)C(C)(C)C)OCOC(=O)C(C)(C)C)C(=O)N1OC(=O)CC.COC(=O)CNP(=O)(Oc1ccccc1C)[C@H]1CCCN(C)C1=O.COC(=O)COP(=O)(Oc1ccc(C)cc1)[C@H]1CCCN(C)C1=O. The zero-order valence-corrected chi connectivity index (χ0v) is 78.9. The van der Waals surface area contributed by atoms with Crippen molar-refractivity contribution >= 4 is 114 Å². The molecule has 4 saturated heterocycles. The van der Waals surface area contributed by atoms with Crippen LogP contribution in [0.4, 0.5) is 0 Å². The number of methoxy groups -OCH3 is 2. The Hall–Kier alpha value is -8.70. The summed E-state index contributed by atoms with van der Waals surface area (Å²) in [5, 5.41) is 3.71. The maximum atomic E-state index is 14.0. The van der Waals surface area contributed by atoms with Crippen molar-refractivity contribution in [1.82, 2.24) is 25.0 Å². The third-order valence-electron chi connectivity index (χ3n) is 17.8. The smallest absolute Gasteiger partial charge is 0.392 e. The highest BCUT2D eigenvalue weighted by Crippen LogP contribution is 2.60. The lowest BCUT2D eigenvalue weighted by Crippen LogP contribution is -2.44. The average Bonchev–Trinajstić information content (AvgIpc) is 1.59.